The van der Waals surface area contributed by atoms with Gasteiger partial charge in [-0.1, -0.05) is 20.8 Å². The van der Waals surface area contributed by atoms with Crippen molar-refractivity contribution in [2.75, 3.05) is 19.0 Å². The monoisotopic (exact) mass is 207 g/mol. The molecule has 2 N–H and O–H groups in total. The third-order valence-corrected chi connectivity index (χ3v) is 2.47. The van der Waals surface area contributed by atoms with Crippen LogP contribution in [0.25, 0.3) is 0 Å². The molecule has 3 heteroatoms. The van der Waals surface area contributed by atoms with E-state index in [-0.39, 0.29) is 5.41 Å². The van der Waals surface area contributed by atoms with Crippen LogP contribution in [0.2, 0.25) is 0 Å². The average Bonchev–Trinajstić information content (AvgIpc) is 2.15. The quantitative estimate of drug-likeness (QED) is 0.805. The lowest BCUT2D eigenvalue weighted by molar-refractivity contribution is 0.581. The van der Waals surface area contributed by atoms with E-state index in [9.17, 15) is 0 Å². The molecule has 0 unspecified atom stereocenters. The van der Waals surface area contributed by atoms with Gasteiger partial charge in [0.1, 0.15) is 5.82 Å². The maximum absolute atomic E-state index is 5.82. The minimum atomic E-state index is 0.113. The van der Waals surface area contributed by atoms with E-state index in [1.165, 1.54) is 5.56 Å². The Labute approximate surface area is 92.3 Å². The molecular weight excluding hydrogens is 186 g/mol. The van der Waals surface area contributed by atoms with Crippen molar-refractivity contribution < 1.29 is 0 Å². The largest absolute Gasteiger partial charge is 0.362 e. The Hall–Kier alpha value is -1.09. The number of pyridine rings is 1. The Bertz CT molecular complexity index is 337. The number of nitrogens with two attached hydrogens (primary N) is 1. The average molecular weight is 207 g/mol. The summed E-state index contributed by atoms with van der Waals surface area (Å²) in [5.41, 5.74) is 8.36. The number of nitrogens with zero attached hydrogens (tertiary/aromatic N) is 2. The van der Waals surface area contributed by atoms with E-state index in [4.69, 9.17) is 5.73 Å². The van der Waals surface area contributed by atoms with E-state index in [2.05, 4.69) is 31.8 Å². The van der Waals surface area contributed by atoms with E-state index in [0.717, 1.165) is 11.4 Å². The van der Waals surface area contributed by atoms with Crippen molar-refractivity contribution >= 4 is 5.82 Å². The Balaban J connectivity index is 3.35. The predicted molar refractivity (Wildman–Crippen MR) is 65.2 cm³/mol. The fraction of sp³-hybridized carbons (Fsp3) is 0.583. The molecule has 0 radical (unpaired) electrons. The second-order valence-electron chi connectivity index (χ2n) is 5.01. The van der Waals surface area contributed by atoms with Crippen LogP contribution < -0.4 is 10.6 Å². The van der Waals surface area contributed by atoms with E-state index in [1.807, 2.05) is 25.2 Å². The number of aromatic nitrogens is 1. The highest BCUT2D eigenvalue weighted by Crippen LogP contribution is 2.29. The van der Waals surface area contributed by atoms with Crippen molar-refractivity contribution in [2.45, 2.75) is 32.7 Å². The van der Waals surface area contributed by atoms with Crippen molar-refractivity contribution in [1.82, 2.24) is 4.98 Å². The molecule has 0 aliphatic heterocycles. The van der Waals surface area contributed by atoms with Crippen molar-refractivity contribution in [2.24, 2.45) is 5.73 Å². The van der Waals surface area contributed by atoms with Crippen molar-refractivity contribution in [3.63, 3.8) is 0 Å². The Morgan fingerprint density at radius 2 is 1.93 bits per heavy atom. The van der Waals surface area contributed by atoms with Gasteiger partial charge in [-0.15, -0.1) is 0 Å². The lowest BCUT2D eigenvalue weighted by Gasteiger charge is -2.25. The van der Waals surface area contributed by atoms with Gasteiger partial charge in [0.2, 0.25) is 0 Å². The number of rotatable bonds is 2. The molecule has 0 fully saturated rings. The molecular formula is C12H21N3. The van der Waals surface area contributed by atoms with Crippen LogP contribution >= 0.6 is 0 Å². The van der Waals surface area contributed by atoms with Crippen LogP contribution in [0.15, 0.2) is 12.3 Å². The molecule has 1 aromatic heterocycles. The summed E-state index contributed by atoms with van der Waals surface area (Å²) >= 11 is 0. The van der Waals surface area contributed by atoms with Crippen molar-refractivity contribution in [3.05, 3.63) is 23.4 Å². The summed E-state index contributed by atoms with van der Waals surface area (Å²) in [6, 6.07) is 2.06. The zero-order valence-corrected chi connectivity index (χ0v) is 10.3. The maximum Gasteiger partial charge on any atom is 0.132 e. The summed E-state index contributed by atoms with van der Waals surface area (Å²) < 4.78 is 0. The fourth-order valence-electron chi connectivity index (χ4n) is 1.77. The van der Waals surface area contributed by atoms with Crippen LogP contribution in [0.3, 0.4) is 0 Å². The molecule has 1 rings (SSSR count). The molecule has 0 saturated heterocycles. The molecule has 0 aliphatic rings. The number of hydrogen-bond acceptors (Lipinski definition) is 3. The number of anilines is 1. The number of hydrogen-bond donors (Lipinski definition) is 1. The van der Waals surface area contributed by atoms with Gasteiger partial charge in [-0.25, -0.2) is 4.98 Å². The molecule has 1 heterocycles. The van der Waals surface area contributed by atoms with Gasteiger partial charge in [-0.2, -0.15) is 0 Å². The van der Waals surface area contributed by atoms with Gasteiger partial charge in [0.15, 0.2) is 0 Å². The fourth-order valence-corrected chi connectivity index (χ4v) is 1.77. The summed E-state index contributed by atoms with van der Waals surface area (Å²) in [7, 11) is 3.99. The van der Waals surface area contributed by atoms with Gasteiger partial charge < -0.3 is 10.6 Å². The third-order valence-electron chi connectivity index (χ3n) is 2.47. The first-order valence-electron chi connectivity index (χ1n) is 5.23. The summed E-state index contributed by atoms with van der Waals surface area (Å²) in [4.78, 5) is 6.38. The summed E-state index contributed by atoms with van der Waals surface area (Å²) in [6.07, 6.45) is 1.86. The van der Waals surface area contributed by atoms with Gasteiger partial charge in [-0.3, -0.25) is 0 Å². The van der Waals surface area contributed by atoms with Gasteiger partial charge in [-0.05, 0) is 17.0 Å². The molecule has 0 aromatic carbocycles. The highest BCUT2D eigenvalue weighted by molar-refractivity contribution is 5.51. The lowest BCUT2D eigenvalue weighted by atomic mass is 9.84. The summed E-state index contributed by atoms with van der Waals surface area (Å²) in [5.74, 6) is 0.977. The molecule has 0 atom stereocenters. The lowest BCUT2D eigenvalue weighted by Crippen LogP contribution is -2.21. The molecule has 1 aromatic rings. The molecule has 0 saturated carbocycles. The van der Waals surface area contributed by atoms with Gasteiger partial charge >= 0.3 is 0 Å². The zero-order valence-electron chi connectivity index (χ0n) is 10.3. The Morgan fingerprint density at radius 3 is 2.33 bits per heavy atom. The van der Waals surface area contributed by atoms with Crippen LogP contribution in [-0.4, -0.2) is 19.1 Å². The Kier molecular flexibility index (Phi) is 3.35. The van der Waals surface area contributed by atoms with Crippen LogP contribution in [0.5, 0.6) is 0 Å². The van der Waals surface area contributed by atoms with E-state index in [1.54, 1.807) is 0 Å². The first-order chi connectivity index (χ1) is 6.88. The molecule has 3 nitrogen and oxygen atoms in total. The molecule has 84 valence electrons. The first kappa shape index (κ1) is 12.0. The van der Waals surface area contributed by atoms with Gasteiger partial charge in [0, 0.05) is 32.4 Å². The Morgan fingerprint density at radius 1 is 1.33 bits per heavy atom. The van der Waals surface area contributed by atoms with E-state index >= 15 is 0 Å². The molecule has 0 bridgehead atoms. The van der Waals surface area contributed by atoms with E-state index < -0.39 is 0 Å². The summed E-state index contributed by atoms with van der Waals surface area (Å²) in [5, 5.41) is 0. The second-order valence-corrected chi connectivity index (χ2v) is 5.01. The van der Waals surface area contributed by atoms with Crippen LogP contribution in [-0.2, 0) is 12.0 Å². The third kappa shape index (κ3) is 2.48. The van der Waals surface area contributed by atoms with Crippen LogP contribution in [0.1, 0.15) is 31.9 Å². The highest BCUT2D eigenvalue weighted by Gasteiger charge is 2.20. The maximum atomic E-state index is 5.82. The van der Waals surface area contributed by atoms with Crippen LogP contribution in [0.4, 0.5) is 5.82 Å². The SMILES string of the molecule is CN(C)c1nccc(C(C)(C)C)c1CN. The minimum Gasteiger partial charge on any atom is -0.362 e. The minimum absolute atomic E-state index is 0.113. The topological polar surface area (TPSA) is 42.2 Å². The first-order valence-corrected chi connectivity index (χ1v) is 5.23. The normalized spacial score (nSPS) is 11.6. The smallest absolute Gasteiger partial charge is 0.132 e. The highest BCUT2D eigenvalue weighted by atomic mass is 15.1. The predicted octanol–water partition coefficient (Wildman–Crippen LogP) is 1.90. The zero-order chi connectivity index (χ0) is 11.6. The van der Waals surface area contributed by atoms with E-state index in [0.29, 0.717) is 6.54 Å². The van der Waals surface area contributed by atoms with Crippen molar-refractivity contribution in [1.29, 1.82) is 0 Å². The molecule has 0 spiro atoms. The second kappa shape index (κ2) is 4.19. The van der Waals surface area contributed by atoms with Crippen molar-refractivity contribution in [3.8, 4) is 0 Å². The molecule has 15 heavy (non-hydrogen) atoms. The summed E-state index contributed by atoms with van der Waals surface area (Å²) in [6.45, 7) is 7.12. The molecule has 0 aliphatic carbocycles. The van der Waals surface area contributed by atoms with Gasteiger partial charge in [0.25, 0.3) is 0 Å². The van der Waals surface area contributed by atoms with Crippen LogP contribution in [0, 0.1) is 0 Å². The molecule has 0 amide bonds. The van der Waals surface area contributed by atoms with Gasteiger partial charge in [0.05, 0.1) is 0 Å². The standard InChI is InChI=1S/C12H21N3/c1-12(2,3)10-6-7-14-11(15(4)5)9(10)8-13/h6-7H,8,13H2,1-5H3.